The Labute approximate surface area is 127 Å². The zero-order valence-corrected chi connectivity index (χ0v) is 12.8. The summed E-state index contributed by atoms with van der Waals surface area (Å²) in [5.41, 5.74) is -0.0434. The zero-order chi connectivity index (χ0) is 16.2. The third-order valence-electron chi connectivity index (χ3n) is 2.52. The molecule has 0 radical (unpaired) electrons. The monoisotopic (exact) mass is 322 g/mol. The van der Waals surface area contributed by atoms with E-state index in [0.717, 1.165) is 12.5 Å². The largest absolute Gasteiger partial charge is 0.462 e. The second-order valence-electron chi connectivity index (χ2n) is 4.28. The maximum Gasteiger partial charge on any atom is 0.345 e. The van der Waals surface area contributed by atoms with Gasteiger partial charge in [0.15, 0.2) is 0 Å². The van der Waals surface area contributed by atoms with Crippen molar-refractivity contribution < 1.29 is 22.7 Å². The molecule has 116 valence electrons. The summed E-state index contributed by atoms with van der Waals surface area (Å²) in [6, 6.07) is 8.56. The van der Waals surface area contributed by atoms with Gasteiger partial charge < -0.3 is 9.47 Å². The molecule has 0 bridgehead atoms. The average Bonchev–Trinajstić information content (AvgIpc) is 2.47. The number of benzene rings is 1. The van der Waals surface area contributed by atoms with Crippen LogP contribution in [0.2, 0.25) is 0 Å². The third-order valence-corrected chi connectivity index (χ3v) is 3.38. The van der Waals surface area contributed by atoms with Crippen molar-refractivity contribution in [2.75, 3.05) is 12.9 Å². The number of hydrogen-bond acceptors (Lipinski definition) is 7. The standard InChI is InChI=1S/C14H14N2O5S/c1-3-20-13(17)11-9-15-14(22(2,18)19)16-12(11)21-10-7-5-4-6-8-10/h4-9H,3H2,1-2H3. The summed E-state index contributed by atoms with van der Waals surface area (Å²) in [7, 11) is -3.63. The van der Waals surface area contributed by atoms with Gasteiger partial charge >= 0.3 is 5.97 Å². The Morgan fingerprint density at radius 3 is 2.50 bits per heavy atom. The maximum absolute atomic E-state index is 11.9. The van der Waals surface area contributed by atoms with E-state index in [1.54, 1.807) is 37.3 Å². The van der Waals surface area contributed by atoms with E-state index < -0.39 is 21.0 Å². The number of para-hydroxylation sites is 1. The van der Waals surface area contributed by atoms with Crippen molar-refractivity contribution in [1.29, 1.82) is 0 Å². The molecule has 7 nitrogen and oxygen atoms in total. The summed E-state index contributed by atoms with van der Waals surface area (Å²) < 4.78 is 33.5. The number of rotatable bonds is 5. The second-order valence-corrected chi connectivity index (χ2v) is 6.19. The van der Waals surface area contributed by atoms with E-state index >= 15 is 0 Å². The Kier molecular flexibility index (Phi) is 4.71. The molecule has 1 heterocycles. The van der Waals surface area contributed by atoms with Crippen molar-refractivity contribution in [1.82, 2.24) is 9.97 Å². The van der Waals surface area contributed by atoms with Crippen LogP contribution in [0.4, 0.5) is 0 Å². The number of aromatic nitrogens is 2. The van der Waals surface area contributed by atoms with Gasteiger partial charge in [0.25, 0.3) is 0 Å². The molecule has 0 unspecified atom stereocenters. The fraction of sp³-hybridized carbons (Fsp3) is 0.214. The van der Waals surface area contributed by atoms with E-state index in [-0.39, 0.29) is 18.1 Å². The molecule has 0 N–H and O–H groups in total. The SMILES string of the molecule is CCOC(=O)c1cnc(S(C)(=O)=O)nc1Oc1ccccc1. The molecule has 2 aromatic rings. The van der Waals surface area contributed by atoms with Crippen molar-refractivity contribution in [3.63, 3.8) is 0 Å². The summed E-state index contributed by atoms with van der Waals surface area (Å²) >= 11 is 0. The summed E-state index contributed by atoms with van der Waals surface area (Å²) in [6.45, 7) is 1.82. The van der Waals surface area contributed by atoms with Gasteiger partial charge in [0.1, 0.15) is 11.3 Å². The van der Waals surface area contributed by atoms with Gasteiger partial charge in [-0.3, -0.25) is 0 Å². The highest BCUT2D eigenvalue weighted by atomic mass is 32.2. The van der Waals surface area contributed by atoms with Gasteiger partial charge in [-0.2, -0.15) is 4.98 Å². The fourth-order valence-electron chi connectivity index (χ4n) is 1.56. The summed E-state index contributed by atoms with van der Waals surface area (Å²) in [6.07, 6.45) is 2.05. The number of ether oxygens (including phenoxy) is 2. The molecule has 0 aliphatic heterocycles. The lowest BCUT2D eigenvalue weighted by Crippen LogP contribution is -2.12. The van der Waals surface area contributed by atoms with E-state index in [9.17, 15) is 13.2 Å². The Morgan fingerprint density at radius 2 is 1.91 bits per heavy atom. The van der Waals surface area contributed by atoms with Gasteiger partial charge in [0.05, 0.1) is 12.8 Å². The number of hydrogen-bond donors (Lipinski definition) is 0. The van der Waals surface area contributed by atoms with Crippen LogP contribution >= 0.6 is 0 Å². The highest BCUT2D eigenvalue weighted by Gasteiger charge is 2.21. The average molecular weight is 322 g/mol. The van der Waals surface area contributed by atoms with Gasteiger partial charge in [-0.15, -0.1) is 0 Å². The Bertz CT molecular complexity index is 775. The first kappa shape index (κ1) is 15.9. The van der Waals surface area contributed by atoms with E-state index in [1.165, 1.54) is 0 Å². The van der Waals surface area contributed by atoms with Crippen molar-refractivity contribution >= 4 is 15.8 Å². The van der Waals surface area contributed by atoms with Crippen molar-refractivity contribution in [2.24, 2.45) is 0 Å². The van der Waals surface area contributed by atoms with Crippen LogP contribution in [0.1, 0.15) is 17.3 Å². The zero-order valence-electron chi connectivity index (χ0n) is 12.0. The summed E-state index contributed by atoms with van der Waals surface area (Å²) in [5, 5.41) is -0.425. The van der Waals surface area contributed by atoms with Crippen LogP contribution in [-0.4, -0.2) is 37.2 Å². The first-order valence-corrected chi connectivity index (χ1v) is 8.28. The molecule has 0 atom stereocenters. The number of carbonyl (C=O) groups excluding carboxylic acids is 1. The van der Waals surface area contributed by atoms with Crippen LogP contribution < -0.4 is 4.74 Å². The fourth-order valence-corrected chi connectivity index (χ4v) is 2.05. The first-order valence-electron chi connectivity index (χ1n) is 6.39. The van der Waals surface area contributed by atoms with Crippen LogP contribution in [0.3, 0.4) is 0 Å². The Morgan fingerprint density at radius 1 is 1.23 bits per heavy atom. The molecule has 0 fully saturated rings. The van der Waals surface area contributed by atoms with Crippen molar-refractivity contribution in [2.45, 2.75) is 12.1 Å². The van der Waals surface area contributed by atoms with Crippen molar-refractivity contribution in [3.8, 4) is 11.6 Å². The minimum absolute atomic E-state index is 0.0434. The predicted molar refractivity (Wildman–Crippen MR) is 77.6 cm³/mol. The van der Waals surface area contributed by atoms with Crippen molar-refractivity contribution in [3.05, 3.63) is 42.1 Å². The number of sulfone groups is 1. The topological polar surface area (TPSA) is 95.5 Å². The summed E-state index contributed by atoms with van der Waals surface area (Å²) in [4.78, 5) is 19.4. The molecule has 0 spiro atoms. The molecule has 1 aromatic heterocycles. The Balaban J connectivity index is 2.48. The van der Waals surface area contributed by atoms with Gasteiger partial charge in [0.2, 0.25) is 20.9 Å². The molecule has 8 heteroatoms. The first-order chi connectivity index (χ1) is 10.4. The summed E-state index contributed by atoms with van der Waals surface area (Å²) in [5.74, 6) is -0.445. The van der Waals surface area contributed by atoms with Gasteiger partial charge in [-0.1, -0.05) is 18.2 Å². The quantitative estimate of drug-likeness (QED) is 0.612. The normalized spacial score (nSPS) is 11.0. The van der Waals surface area contributed by atoms with Crippen LogP contribution in [0.15, 0.2) is 41.7 Å². The molecular weight excluding hydrogens is 308 g/mol. The van der Waals surface area contributed by atoms with E-state index in [1.807, 2.05) is 0 Å². The van der Waals surface area contributed by atoms with Crippen LogP contribution in [0.25, 0.3) is 0 Å². The molecule has 0 saturated carbocycles. The minimum Gasteiger partial charge on any atom is -0.462 e. The highest BCUT2D eigenvalue weighted by molar-refractivity contribution is 7.90. The molecule has 2 rings (SSSR count). The molecule has 0 aliphatic carbocycles. The van der Waals surface area contributed by atoms with E-state index in [0.29, 0.717) is 5.75 Å². The number of carbonyl (C=O) groups is 1. The van der Waals surface area contributed by atoms with Gasteiger partial charge in [-0.05, 0) is 19.1 Å². The highest BCUT2D eigenvalue weighted by Crippen LogP contribution is 2.24. The molecule has 0 aliphatic rings. The lowest BCUT2D eigenvalue weighted by molar-refractivity contribution is 0.0521. The number of nitrogens with zero attached hydrogens (tertiary/aromatic N) is 2. The maximum atomic E-state index is 11.9. The van der Waals surface area contributed by atoms with E-state index in [4.69, 9.17) is 9.47 Å². The molecule has 0 amide bonds. The van der Waals surface area contributed by atoms with Crippen LogP contribution in [0, 0.1) is 0 Å². The van der Waals surface area contributed by atoms with E-state index in [2.05, 4.69) is 9.97 Å². The molecular formula is C14H14N2O5S. The minimum atomic E-state index is -3.63. The van der Waals surface area contributed by atoms with Gasteiger partial charge in [-0.25, -0.2) is 18.2 Å². The predicted octanol–water partition coefficient (Wildman–Crippen LogP) is 1.85. The lowest BCUT2D eigenvalue weighted by Gasteiger charge is -2.10. The lowest BCUT2D eigenvalue weighted by atomic mass is 10.3. The van der Waals surface area contributed by atoms with Crippen LogP contribution in [-0.2, 0) is 14.6 Å². The third kappa shape index (κ3) is 3.79. The molecule has 22 heavy (non-hydrogen) atoms. The number of esters is 1. The van der Waals surface area contributed by atoms with Crippen LogP contribution in [0.5, 0.6) is 11.6 Å². The second kappa shape index (κ2) is 6.52. The Hall–Kier alpha value is -2.48. The molecule has 0 saturated heterocycles. The smallest absolute Gasteiger partial charge is 0.345 e. The molecule has 1 aromatic carbocycles. The van der Waals surface area contributed by atoms with Gasteiger partial charge in [0, 0.05) is 6.26 Å².